The van der Waals surface area contributed by atoms with Crippen molar-refractivity contribution in [1.29, 1.82) is 0 Å². The van der Waals surface area contributed by atoms with Gasteiger partial charge in [-0.15, -0.1) is 0 Å². The van der Waals surface area contributed by atoms with Gasteiger partial charge in [-0.1, -0.05) is 44.2 Å². The molecule has 0 spiro atoms. The maximum Gasteiger partial charge on any atom is 0.325 e. The van der Waals surface area contributed by atoms with Crippen LogP contribution in [0.5, 0.6) is 0 Å². The van der Waals surface area contributed by atoms with Gasteiger partial charge < -0.3 is 15.4 Å². The Kier molecular flexibility index (Phi) is 10.0. The smallest absolute Gasteiger partial charge is 0.325 e. The molecule has 0 bridgehead atoms. The van der Waals surface area contributed by atoms with Crippen LogP contribution in [0.1, 0.15) is 29.8 Å². The van der Waals surface area contributed by atoms with Gasteiger partial charge in [0.2, 0.25) is 10.0 Å². The summed E-state index contributed by atoms with van der Waals surface area (Å²) in [6.45, 7) is 3.73. The van der Waals surface area contributed by atoms with Crippen LogP contribution in [0.25, 0.3) is 0 Å². The zero-order chi connectivity index (χ0) is 24.3. The summed E-state index contributed by atoms with van der Waals surface area (Å²) in [6, 6.07) is 15.1. The van der Waals surface area contributed by atoms with Crippen LogP contribution in [0.4, 0.5) is 0 Å². The lowest BCUT2D eigenvalue weighted by Crippen LogP contribution is -2.34. The van der Waals surface area contributed by atoms with Gasteiger partial charge in [0.1, 0.15) is 6.54 Å². The van der Waals surface area contributed by atoms with Gasteiger partial charge in [0.05, 0.1) is 4.90 Å². The van der Waals surface area contributed by atoms with E-state index in [1.165, 1.54) is 28.6 Å². The van der Waals surface area contributed by atoms with E-state index in [2.05, 4.69) is 10.6 Å². The van der Waals surface area contributed by atoms with Crippen LogP contribution in [0, 0.1) is 0 Å². The standard InChI is InChI=1S/C23H29N3O6S/c1-3-26(4-2)33(30,31)20-12-10-19(11-13-20)23(29)25-16-22(28)32-17-21(27)24-15-14-18-8-6-5-7-9-18/h5-13H,3-4,14-17H2,1-2H3,(H,24,27)(H,25,29). The summed E-state index contributed by atoms with van der Waals surface area (Å²) in [4.78, 5) is 35.9. The van der Waals surface area contributed by atoms with Crippen LogP contribution in [-0.4, -0.2) is 63.3 Å². The van der Waals surface area contributed by atoms with E-state index in [1.807, 2.05) is 30.3 Å². The van der Waals surface area contributed by atoms with Gasteiger partial charge in [-0.05, 0) is 36.2 Å². The number of ether oxygens (including phenoxy) is 1. The van der Waals surface area contributed by atoms with Gasteiger partial charge >= 0.3 is 5.97 Å². The molecule has 0 heterocycles. The molecular weight excluding hydrogens is 446 g/mol. The van der Waals surface area contributed by atoms with Crippen molar-refractivity contribution >= 4 is 27.8 Å². The van der Waals surface area contributed by atoms with Gasteiger partial charge in [0.25, 0.3) is 11.8 Å². The van der Waals surface area contributed by atoms with Crippen molar-refractivity contribution in [3.8, 4) is 0 Å². The molecule has 178 valence electrons. The average molecular weight is 476 g/mol. The van der Waals surface area contributed by atoms with E-state index >= 15 is 0 Å². The molecule has 0 aliphatic carbocycles. The fourth-order valence-electron chi connectivity index (χ4n) is 2.98. The first-order valence-electron chi connectivity index (χ1n) is 10.6. The van der Waals surface area contributed by atoms with Crippen LogP contribution in [0.15, 0.2) is 59.5 Å². The van der Waals surface area contributed by atoms with Crippen LogP contribution in [-0.2, 0) is 30.8 Å². The molecule has 33 heavy (non-hydrogen) atoms. The van der Waals surface area contributed by atoms with E-state index in [9.17, 15) is 22.8 Å². The third-order valence-corrected chi connectivity index (χ3v) is 6.86. The second-order valence-corrected chi connectivity index (χ2v) is 8.98. The number of nitrogens with one attached hydrogen (secondary N) is 2. The van der Waals surface area contributed by atoms with Gasteiger partial charge in [-0.3, -0.25) is 14.4 Å². The summed E-state index contributed by atoms with van der Waals surface area (Å²) in [5.74, 6) is -1.76. The molecule has 0 radical (unpaired) electrons. The minimum Gasteiger partial charge on any atom is -0.454 e. The Morgan fingerprint density at radius 1 is 0.909 bits per heavy atom. The van der Waals surface area contributed by atoms with E-state index in [-0.39, 0.29) is 10.5 Å². The summed E-state index contributed by atoms with van der Waals surface area (Å²) < 4.78 is 31.1. The average Bonchev–Trinajstić information content (AvgIpc) is 2.82. The Morgan fingerprint density at radius 3 is 2.15 bits per heavy atom. The number of nitrogens with zero attached hydrogens (tertiary/aromatic N) is 1. The second kappa shape index (κ2) is 12.7. The molecule has 0 saturated heterocycles. The van der Waals surface area contributed by atoms with E-state index < -0.39 is 41.0 Å². The van der Waals surface area contributed by atoms with Crippen LogP contribution in [0.3, 0.4) is 0 Å². The maximum absolute atomic E-state index is 12.5. The van der Waals surface area contributed by atoms with E-state index in [1.54, 1.807) is 13.8 Å². The first-order chi connectivity index (χ1) is 15.8. The van der Waals surface area contributed by atoms with E-state index in [4.69, 9.17) is 4.74 Å². The van der Waals surface area contributed by atoms with Gasteiger partial charge in [-0.2, -0.15) is 4.31 Å². The quantitative estimate of drug-likeness (QED) is 0.447. The van der Waals surface area contributed by atoms with Crippen molar-refractivity contribution in [2.75, 3.05) is 32.8 Å². The number of sulfonamides is 1. The minimum absolute atomic E-state index is 0.0837. The Hall–Kier alpha value is -3.24. The third kappa shape index (κ3) is 7.99. The fourth-order valence-corrected chi connectivity index (χ4v) is 4.44. The topological polar surface area (TPSA) is 122 Å². The summed E-state index contributed by atoms with van der Waals surface area (Å²) in [6.07, 6.45) is 0.658. The van der Waals surface area contributed by atoms with Crippen molar-refractivity contribution in [3.05, 3.63) is 65.7 Å². The number of rotatable bonds is 12. The molecule has 0 aliphatic rings. The van der Waals surface area contributed by atoms with Gasteiger partial charge in [0, 0.05) is 25.2 Å². The Bertz CT molecular complexity index is 1040. The molecule has 2 aromatic carbocycles. The summed E-state index contributed by atoms with van der Waals surface area (Å²) in [7, 11) is -3.62. The lowest BCUT2D eigenvalue weighted by molar-refractivity contribution is -0.147. The number of hydrogen-bond donors (Lipinski definition) is 2. The SMILES string of the molecule is CCN(CC)S(=O)(=O)c1ccc(C(=O)NCC(=O)OCC(=O)NCCc2ccccc2)cc1. The Balaban J connectivity index is 1.74. The predicted octanol–water partition coefficient (Wildman–Crippen LogP) is 1.35. The molecule has 2 rings (SSSR count). The largest absolute Gasteiger partial charge is 0.454 e. The fraction of sp³-hybridized carbons (Fsp3) is 0.348. The highest BCUT2D eigenvalue weighted by Gasteiger charge is 2.21. The lowest BCUT2D eigenvalue weighted by Gasteiger charge is -2.18. The van der Waals surface area contributed by atoms with Crippen molar-refractivity contribution in [1.82, 2.24) is 14.9 Å². The van der Waals surface area contributed by atoms with Crippen LogP contribution >= 0.6 is 0 Å². The number of hydrogen-bond acceptors (Lipinski definition) is 6. The molecule has 0 aromatic heterocycles. The van der Waals surface area contributed by atoms with Crippen molar-refractivity contribution in [3.63, 3.8) is 0 Å². The molecule has 0 saturated carbocycles. The molecule has 2 N–H and O–H groups in total. The summed E-state index contributed by atoms with van der Waals surface area (Å²) in [5.41, 5.74) is 1.27. The highest BCUT2D eigenvalue weighted by molar-refractivity contribution is 7.89. The first-order valence-corrected chi connectivity index (χ1v) is 12.1. The minimum atomic E-state index is -3.62. The Morgan fingerprint density at radius 2 is 1.55 bits per heavy atom. The highest BCUT2D eigenvalue weighted by Crippen LogP contribution is 2.16. The number of esters is 1. The summed E-state index contributed by atoms with van der Waals surface area (Å²) in [5, 5.41) is 5.04. The normalized spacial score (nSPS) is 11.1. The maximum atomic E-state index is 12.5. The van der Waals surface area contributed by atoms with E-state index in [0.717, 1.165) is 5.56 Å². The molecule has 0 aliphatic heterocycles. The summed E-state index contributed by atoms with van der Waals surface area (Å²) >= 11 is 0. The first kappa shape index (κ1) is 26.0. The molecule has 2 amide bonds. The number of benzene rings is 2. The van der Waals surface area contributed by atoms with Gasteiger partial charge in [-0.25, -0.2) is 8.42 Å². The van der Waals surface area contributed by atoms with E-state index in [0.29, 0.717) is 26.1 Å². The molecule has 10 heteroatoms. The molecule has 9 nitrogen and oxygen atoms in total. The monoisotopic (exact) mass is 475 g/mol. The number of carbonyl (C=O) groups is 3. The number of amides is 2. The van der Waals surface area contributed by atoms with Gasteiger partial charge in [0.15, 0.2) is 6.61 Å². The lowest BCUT2D eigenvalue weighted by atomic mass is 10.1. The molecule has 0 unspecified atom stereocenters. The van der Waals surface area contributed by atoms with Crippen LogP contribution in [0.2, 0.25) is 0 Å². The van der Waals surface area contributed by atoms with Crippen molar-refractivity contribution in [2.24, 2.45) is 0 Å². The Labute approximate surface area is 194 Å². The number of carbonyl (C=O) groups excluding carboxylic acids is 3. The highest BCUT2D eigenvalue weighted by atomic mass is 32.2. The van der Waals surface area contributed by atoms with Crippen molar-refractivity contribution < 1.29 is 27.5 Å². The second-order valence-electron chi connectivity index (χ2n) is 7.04. The van der Waals surface area contributed by atoms with Crippen LogP contribution < -0.4 is 10.6 Å². The van der Waals surface area contributed by atoms with Crippen molar-refractivity contribution in [2.45, 2.75) is 25.2 Å². The zero-order valence-corrected chi connectivity index (χ0v) is 19.6. The zero-order valence-electron chi connectivity index (χ0n) is 18.7. The third-order valence-electron chi connectivity index (χ3n) is 4.80. The molecule has 0 fully saturated rings. The molecule has 2 aromatic rings. The molecule has 0 atom stereocenters. The molecular formula is C23H29N3O6S. The predicted molar refractivity (Wildman–Crippen MR) is 123 cm³/mol.